The van der Waals surface area contributed by atoms with E-state index in [1.54, 1.807) is 0 Å². The van der Waals surface area contributed by atoms with E-state index in [0.29, 0.717) is 26.2 Å². The van der Waals surface area contributed by atoms with E-state index in [1.165, 1.54) is 6.42 Å². The Balaban J connectivity index is 2.09. The molecule has 0 aromatic rings. The van der Waals surface area contributed by atoms with E-state index >= 15 is 0 Å². The molecular formula is C16H27NO4. The summed E-state index contributed by atoms with van der Waals surface area (Å²) in [5.74, 6) is -0.114. The van der Waals surface area contributed by atoms with Crippen molar-refractivity contribution in [3.05, 3.63) is 0 Å². The van der Waals surface area contributed by atoms with Gasteiger partial charge in [-0.05, 0) is 26.2 Å². The van der Waals surface area contributed by atoms with E-state index in [2.05, 4.69) is 0 Å². The molecule has 1 aliphatic carbocycles. The van der Waals surface area contributed by atoms with Crippen molar-refractivity contribution < 1.29 is 19.1 Å². The van der Waals surface area contributed by atoms with Crippen LogP contribution in [0, 0.1) is 5.92 Å². The molecule has 1 atom stereocenters. The Morgan fingerprint density at radius 3 is 2.57 bits per heavy atom. The van der Waals surface area contributed by atoms with Gasteiger partial charge in [0.2, 0.25) is 5.91 Å². The summed E-state index contributed by atoms with van der Waals surface area (Å²) in [7, 11) is 1.85. The number of esters is 1. The number of amides is 1. The van der Waals surface area contributed by atoms with Gasteiger partial charge in [-0.2, -0.15) is 0 Å². The molecule has 0 bridgehead atoms. The van der Waals surface area contributed by atoms with Crippen LogP contribution in [0.3, 0.4) is 0 Å². The van der Waals surface area contributed by atoms with Crippen molar-refractivity contribution in [3.8, 4) is 0 Å². The minimum atomic E-state index is -0.357. The van der Waals surface area contributed by atoms with Crippen LogP contribution in [0.5, 0.6) is 0 Å². The van der Waals surface area contributed by atoms with Gasteiger partial charge in [0.25, 0.3) is 0 Å². The van der Waals surface area contributed by atoms with Crippen LogP contribution in [-0.2, 0) is 19.1 Å². The third-order valence-corrected chi connectivity index (χ3v) is 4.88. The van der Waals surface area contributed by atoms with Crippen molar-refractivity contribution in [2.75, 3.05) is 26.9 Å². The largest absolute Gasteiger partial charge is 0.466 e. The molecule has 0 spiro atoms. The van der Waals surface area contributed by atoms with Crippen LogP contribution in [0.15, 0.2) is 0 Å². The molecule has 2 aliphatic rings. The van der Waals surface area contributed by atoms with Crippen molar-refractivity contribution in [1.29, 1.82) is 0 Å². The molecule has 0 radical (unpaired) electrons. The lowest BCUT2D eigenvalue weighted by Crippen LogP contribution is -2.54. The normalized spacial score (nSPS) is 24.6. The van der Waals surface area contributed by atoms with Crippen LogP contribution < -0.4 is 0 Å². The summed E-state index contributed by atoms with van der Waals surface area (Å²) in [6.07, 6.45) is 6.20. The fourth-order valence-electron chi connectivity index (χ4n) is 3.56. The van der Waals surface area contributed by atoms with Gasteiger partial charge in [0.05, 0.1) is 31.1 Å². The Bertz CT molecular complexity index is 370. The number of ether oxygens (including phenoxy) is 2. The second-order valence-corrected chi connectivity index (χ2v) is 6.22. The monoisotopic (exact) mass is 297 g/mol. The number of carbonyl (C=O) groups is 2. The average Bonchev–Trinajstić information content (AvgIpc) is 3.01. The van der Waals surface area contributed by atoms with Crippen molar-refractivity contribution in [1.82, 2.24) is 4.90 Å². The molecule has 1 amide bonds. The smallest absolute Gasteiger partial charge is 0.308 e. The van der Waals surface area contributed by atoms with Gasteiger partial charge in [-0.15, -0.1) is 0 Å². The predicted molar refractivity (Wildman–Crippen MR) is 78.8 cm³/mol. The van der Waals surface area contributed by atoms with Crippen molar-refractivity contribution >= 4 is 11.9 Å². The van der Waals surface area contributed by atoms with Gasteiger partial charge in [-0.1, -0.05) is 19.3 Å². The minimum absolute atomic E-state index is 0.0454. The molecule has 21 heavy (non-hydrogen) atoms. The summed E-state index contributed by atoms with van der Waals surface area (Å²) >= 11 is 0. The third kappa shape index (κ3) is 3.76. The summed E-state index contributed by atoms with van der Waals surface area (Å²) in [4.78, 5) is 26.5. The van der Waals surface area contributed by atoms with E-state index in [4.69, 9.17) is 9.47 Å². The van der Waals surface area contributed by atoms with E-state index in [9.17, 15) is 9.59 Å². The Labute approximate surface area is 127 Å². The number of hydrogen-bond acceptors (Lipinski definition) is 4. The lowest BCUT2D eigenvalue weighted by atomic mass is 9.77. The molecule has 0 N–H and O–H groups in total. The fraction of sp³-hybridized carbons (Fsp3) is 0.875. The topological polar surface area (TPSA) is 55.8 Å². The van der Waals surface area contributed by atoms with Crippen LogP contribution in [0.1, 0.15) is 51.9 Å². The highest BCUT2D eigenvalue weighted by atomic mass is 16.5. The zero-order valence-corrected chi connectivity index (χ0v) is 13.2. The summed E-state index contributed by atoms with van der Waals surface area (Å²) in [5.41, 5.74) is -0.357. The van der Waals surface area contributed by atoms with Gasteiger partial charge < -0.3 is 14.4 Å². The van der Waals surface area contributed by atoms with Crippen molar-refractivity contribution in [2.45, 2.75) is 57.4 Å². The first-order chi connectivity index (χ1) is 10.1. The number of nitrogens with zero attached hydrogens (tertiary/aromatic N) is 1. The van der Waals surface area contributed by atoms with Gasteiger partial charge in [0, 0.05) is 13.7 Å². The van der Waals surface area contributed by atoms with Gasteiger partial charge in [-0.3, -0.25) is 9.59 Å². The highest BCUT2D eigenvalue weighted by molar-refractivity contribution is 5.81. The maximum atomic E-state index is 12.7. The fourth-order valence-corrected chi connectivity index (χ4v) is 3.56. The highest BCUT2D eigenvalue weighted by Crippen LogP contribution is 2.37. The summed E-state index contributed by atoms with van der Waals surface area (Å²) in [6.45, 7) is 3.38. The van der Waals surface area contributed by atoms with Crippen molar-refractivity contribution in [2.24, 2.45) is 5.92 Å². The van der Waals surface area contributed by atoms with Gasteiger partial charge in [0.15, 0.2) is 0 Å². The maximum absolute atomic E-state index is 12.7. The summed E-state index contributed by atoms with van der Waals surface area (Å²) in [6, 6.07) is 0. The first-order valence-corrected chi connectivity index (χ1v) is 8.10. The SMILES string of the molecule is CCOC(=O)CC1(N(C)C(=O)[C@H]2CCOC2)CCCCC1. The van der Waals surface area contributed by atoms with E-state index in [0.717, 1.165) is 32.1 Å². The molecule has 120 valence electrons. The van der Waals surface area contributed by atoms with Gasteiger partial charge in [-0.25, -0.2) is 0 Å². The molecule has 1 heterocycles. The zero-order chi connectivity index (χ0) is 15.3. The second-order valence-electron chi connectivity index (χ2n) is 6.22. The number of hydrogen-bond donors (Lipinski definition) is 0. The molecule has 0 unspecified atom stereocenters. The molecular weight excluding hydrogens is 270 g/mol. The molecule has 5 nitrogen and oxygen atoms in total. The van der Waals surface area contributed by atoms with Crippen LogP contribution in [-0.4, -0.2) is 49.2 Å². The molecule has 5 heteroatoms. The average molecular weight is 297 g/mol. The highest BCUT2D eigenvalue weighted by Gasteiger charge is 2.42. The lowest BCUT2D eigenvalue weighted by molar-refractivity contribution is -0.151. The lowest BCUT2D eigenvalue weighted by Gasteiger charge is -2.45. The van der Waals surface area contributed by atoms with Crippen LogP contribution in [0.25, 0.3) is 0 Å². The Morgan fingerprint density at radius 2 is 2.00 bits per heavy atom. The standard InChI is InChI=1S/C16H27NO4/c1-3-21-14(18)11-16(8-5-4-6-9-16)17(2)15(19)13-7-10-20-12-13/h13H,3-12H2,1-2H3/t13-/m0/s1. The van der Waals surface area contributed by atoms with Gasteiger partial charge >= 0.3 is 5.97 Å². The Kier molecular flexibility index (Phi) is 5.62. The van der Waals surface area contributed by atoms with E-state index < -0.39 is 0 Å². The maximum Gasteiger partial charge on any atom is 0.308 e. The molecule has 2 fully saturated rings. The first-order valence-electron chi connectivity index (χ1n) is 8.10. The summed E-state index contributed by atoms with van der Waals surface area (Å²) < 4.78 is 10.5. The number of rotatable bonds is 5. The quantitative estimate of drug-likeness (QED) is 0.730. The zero-order valence-electron chi connectivity index (χ0n) is 13.2. The second kappa shape index (κ2) is 7.25. The van der Waals surface area contributed by atoms with Crippen molar-refractivity contribution in [3.63, 3.8) is 0 Å². The molecule has 0 aromatic heterocycles. The Hall–Kier alpha value is -1.10. The van der Waals surface area contributed by atoms with Crippen LogP contribution >= 0.6 is 0 Å². The molecule has 1 aliphatic heterocycles. The Morgan fingerprint density at radius 1 is 1.29 bits per heavy atom. The molecule has 1 saturated heterocycles. The van der Waals surface area contributed by atoms with E-state index in [-0.39, 0.29) is 23.3 Å². The van der Waals surface area contributed by atoms with Crippen LogP contribution in [0.2, 0.25) is 0 Å². The van der Waals surface area contributed by atoms with Crippen LogP contribution in [0.4, 0.5) is 0 Å². The van der Waals surface area contributed by atoms with E-state index in [1.807, 2.05) is 18.9 Å². The first kappa shape index (κ1) is 16.3. The number of carbonyl (C=O) groups excluding carboxylic acids is 2. The minimum Gasteiger partial charge on any atom is -0.466 e. The third-order valence-electron chi connectivity index (χ3n) is 4.88. The van der Waals surface area contributed by atoms with Gasteiger partial charge in [0.1, 0.15) is 0 Å². The molecule has 0 aromatic carbocycles. The molecule has 1 saturated carbocycles. The summed E-state index contributed by atoms with van der Waals surface area (Å²) in [5, 5.41) is 0. The molecule has 2 rings (SSSR count). The predicted octanol–water partition coefficient (Wildman–Crippen LogP) is 2.14.